The van der Waals surface area contributed by atoms with Gasteiger partial charge in [-0.25, -0.2) is 0 Å². The Balaban J connectivity index is 1.29. The molecule has 11 aromatic rings. The number of fused-ring (bicyclic) bond motifs is 10. The summed E-state index contributed by atoms with van der Waals surface area (Å²) in [5, 5.41) is 9.64. The van der Waals surface area contributed by atoms with Crippen LogP contribution in [0.4, 0.5) is 0 Å². The summed E-state index contributed by atoms with van der Waals surface area (Å²) in [4.78, 5) is 0. The largest absolute Gasteiger partial charge is 0.456 e. The zero-order valence-electron chi connectivity index (χ0n) is 30.5. The van der Waals surface area contributed by atoms with Crippen LogP contribution >= 0.6 is 0 Å². The molecule has 0 saturated carbocycles. The Morgan fingerprint density at radius 2 is 0.929 bits per heavy atom. The van der Waals surface area contributed by atoms with Crippen molar-refractivity contribution in [2.45, 2.75) is 5.41 Å². The van der Waals surface area contributed by atoms with Gasteiger partial charge in [0.1, 0.15) is 11.2 Å². The lowest BCUT2D eigenvalue weighted by atomic mass is 9.66. The summed E-state index contributed by atoms with van der Waals surface area (Å²) < 4.78 is 6.67. The van der Waals surface area contributed by atoms with E-state index in [1.54, 1.807) is 0 Å². The van der Waals surface area contributed by atoms with Crippen LogP contribution in [0, 0.1) is 0 Å². The summed E-state index contributed by atoms with van der Waals surface area (Å²) in [6, 6.07) is 76.1. The van der Waals surface area contributed by atoms with E-state index in [1.807, 2.05) is 0 Å². The summed E-state index contributed by atoms with van der Waals surface area (Å²) in [5.41, 5.74) is 13.7. The van der Waals surface area contributed by atoms with Gasteiger partial charge in [0.15, 0.2) is 0 Å². The van der Waals surface area contributed by atoms with Crippen LogP contribution in [0.5, 0.6) is 0 Å². The highest BCUT2D eigenvalue weighted by Crippen LogP contribution is 2.61. The topological polar surface area (TPSA) is 13.1 Å². The third-order valence-corrected chi connectivity index (χ3v) is 12.3. The van der Waals surface area contributed by atoms with E-state index in [2.05, 4.69) is 206 Å². The van der Waals surface area contributed by atoms with Gasteiger partial charge in [-0.05, 0) is 118 Å². The van der Waals surface area contributed by atoms with Gasteiger partial charge in [0, 0.05) is 10.8 Å². The zero-order valence-corrected chi connectivity index (χ0v) is 30.5. The van der Waals surface area contributed by atoms with Crippen molar-refractivity contribution in [1.29, 1.82) is 0 Å². The molecule has 1 aromatic heterocycles. The molecule has 1 aliphatic carbocycles. The molecular formula is C55H34O. The van der Waals surface area contributed by atoms with Gasteiger partial charge >= 0.3 is 0 Å². The van der Waals surface area contributed by atoms with Crippen molar-refractivity contribution < 1.29 is 4.42 Å². The van der Waals surface area contributed by atoms with Gasteiger partial charge < -0.3 is 4.42 Å². The minimum absolute atomic E-state index is 0.605. The quantitative estimate of drug-likeness (QED) is 0.177. The molecule has 260 valence electrons. The third-order valence-electron chi connectivity index (χ3n) is 12.3. The first-order chi connectivity index (χ1) is 27.8. The van der Waals surface area contributed by atoms with Crippen LogP contribution in [-0.4, -0.2) is 0 Å². The summed E-state index contributed by atoms with van der Waals surface area (Å²) in [7, 11) is 0. The molecule has 0 saturated heterocycles. The fourth-order valence-electron chi connectivity index (χ4n) is 9.97. The minimum Gasteiger partial charge on any atom is -0.456 e. The predicted octanol–water partition coefficient (Wildman–Crippen LogP) is 14.7. The first kappa shape index (κ1) is 31.2. The van der Waals surface area contributed by atoms with Crippen LogP contribution in [0.15, 0.2) is 211 Å². The maximum Gasteiger partial charge on any atom is 0.136 e. The Morgan fingerprint density at radius 3 is 1.68 bits per heavy atom. The van der Waals surface area contributed by atoms with E-state index in [-0.39, 0.29) is 0 Å². The van der Waals surface area contributed by atoms with E-state index in [1.165, 1.54) is 82.4 Å². The molecule has 56 heavy (non-hydrogen) atoms. The first-order valence-electron chi connectivity index (χ1n) is 19.4. The van der Waals surface area contributed by atoms with Crippen molar-refractivity contribution in [2.24, 2.45) is 0 Å². The second-order valence-electron chi connectivity index (χ2n) is 15.1. The molecule has 0 amide bonds. The van der Waals surface area contributed by atoms with Crippen molar-refractivity contribution in [2.75, 3.05) is 0 Å². The monoisotopic (exact) mass is 710 g/mol. The van der Waals surface area contributed by atoms with Crippen LogP contribution < -0.4 is 0 Å². The SMILES string of the molecule is c1ccc(C2(c3ccccc3)c3cc(-c4cccc5oc6cc7ccccc7cc6c45)cc(-c4cccc5ccccc45)c3-c3ccc4ccccc4c32)cc1. The van der Waals surface area contributed by atoms with Gasteiger partial charge in [0.2, 0.25) is 0 Å². The van der Waals surface area contributed by atoms with Gasteiger partial charge in [0.05, 0.1) is 5.41 Å². The fourth-order valence-corrected chi connectivity index (χ4v) is 9.97. The zero-order chi connectivity index (χ0) is 36.8. The van der Waals surface area contributed by atoms with E-state index in [0.29, 0.717) is 0 Å². The normalized spacial score (nSPS) is 13.1. The molecule has 0 unspecified atom stereocenters. The molecule has 1 heteroatoms. The average Bonchev–Trinajstić information content (AvgIpc) is 3.79. The maximum atomic E-state index is 6.67. The molecule has 0 atom stereocenters. The Hall–Kier alpha value is -7.22. The summed E-state index contributed by atoms with van der Waals surface area (Å²) in [5.74, 6) is 0. The average molecular weight is 711 g/mol. The number of hydrogen-bond donors (Lipinski definition) is 0. The molecule has 1 aliphatic rings. The van der Waals surface area contributed by atoms with E-state index in [4.69, 9.17) is 4.42 Å². The number of hydrogen-bond acceptors (Lipinski definition) is 1. The first-order valence-corrected chi connectivity index (χ1v) is 19.4. The van der Waals surface area contributed by atoms with E-state index < -0.39 is 5.41 Å². The number of benzene rings is 10. The third kappa shape index (κ3) is 4.31. The van der Waals surface area contributed by atoms with Crippen LogP contribution in [0.1, 0.15) is 22.3 Å². The predicted molar refractivity (Wildman–Crippen MR) is 234 cm³/mol. The van der Waals surface area contributed by atoms with Crippen molar-refractivity contribution in [1.82, 2.24) is 0 Å². The van der Waals surface area contributed by atoms with Crippen molar-refractivity contribution in [3.63, 3.8) is 0 Å². The van der Waals surface area contributed by atoms with Crippen molar-refractivity contribution in [3.05, 3.63) is 229 Å². The van der Waals surface area contributed by atoms with Crippen LogP contribution in [0.2, 0.25) is 0 Å². The summed E-state index contributed by atoms with van der Waals surface area (Å²) in [6.07, 6.45) is 0. The maximum absolute atomic E-state index is 6.67. The highest BCUT2D eigenvalue weighted by Gasteiger charge is 2.48. The van der Waals surface area contributed by atoms with E-state index >= 15 is 0 Å². The Labute approximate surface area is 324 Å². The Bertz CT molecular complexity index is 3310. The molecule has 0 bridgehead atoms. The van der Waals surface area contributed by atoms with Gasteiger partial charge in [-0.1, -0.05) is 176 Å². The van der Waals surface area contributed by atoms with Gasteiger partial charge in [0.25, 0.3) is 0 Å². The lowest BCUT2D eigenvalue weighted by Gasteiger charge is -2.35. The number of rotatable bonds is 4. The van der Waals surface area contributed by atoms with Crippen LogP contribution in [0.25, 0.3) is 87.6 Å². The number of furan rings is 1. The van der Waals surface area contributed by atoms with Crippen molar-refractivity contribution in [3.8, 4) is 33.4 Å². The molecule has 0 spiro atoms. The Morgan fingerprint density at radius 1 is 0.339 bits per heavy atom. The highest BCUT2D eigenvalue weighted by molar-refractivity contribution is 6.17. The molecule has 1 nitrogen and oxygen atoms in total. The molecule has 1 heterocycles. The van der Waals surface area contributed by atoms with E-state index in [0.717, 1.165) is 27.5 Å². The molecule has 0 aliphatic heterocycles. The second kappa shape index (κ2) is 11.9. The fraction of sp³-hybridized carbons (Fsp3) is 0.0182. The molecule has 0 radical (unpaired) electrons. The molecular weight excluding hydrogens is 677 g/mol. The molecule has 0 fully saturated rings. The standard InChI is InChI=1S/C55H34O/c1-3-20-40(21-4-1)55(41-22-5-2-6-23-41)49-33-39(43-26-14-28-50-53(43)48-31-37-17-7-8-18-38(37)34-51(48)56-50)32-47(45-27-13-19-35-15-9-11-24-42(35)45)52(49)46-30-29-36-16-10-12-25-44(36)54(46)55/h1-34H. The second-order valence-corrected chi connectivity index (χ2v) is 15.1. The summed E-state index contributed by atoms with van der Waals surface area (Å²) in [6.45, 7) is 0. The van der Waals surface area contributed by atoms with Crippen molar-refractivity contribution >= 4 is 54.3 Å². The van der Waals surface area contributed by atoms with Gasteiger partial charge in [-0.15, -0.1) is 0 Å². The lowest BCUT2D eigenvalue weighted by molar-refractivity contribution is 0.669. The smallest absolute Gasteiger partial charge is 0.136 e. The molecule has 12 rings (SSSR count). The highest BCUT2D eigenvalue weighted by atomic mass is 16.3. The summed E-state index contributed by atoms with van der Waals surface area (Å²) >= 11 is 0. The van der Waals surface area contributed by atoms with Gasteiger partial charge in [-0.2, -0.15) is 0 Å². The van der Waals surface area contributed by atoms with Crippen LogP contribution in [0.3, 0.4) is 0 Å². The molecule has 0 N–H and O–H groups in total. The van der Waals surface area contributed by atoms with Crippen LogP contribution in [-0.2, 0) is 5.41 Å². The lowest BCUT2D eigenvalue weighted by Crippen LogP contribution is -2.29. The minimum atomic E-state index is -0.605. The Kier molecular flexibility index (Phi) is 6.62. The van der Waals surface area contributed by atoms with Gasteiger partial charge in [-0.3, -0.25) is 0 Å². The molecule has 10 aromatic carbocycles. The van der Waals surface area contributed by atoms with E-state index in [9.17, 15) is 0 Å².